The standard InChI is InChI=1S/C16H13ClOS/c17-13-5-7-14(8-6-13)19-11-12-9-10-18-16-4-2-1-3-15(12)16/h1-8,11H,9-10H2/b12-11+. The second-order valence-electron chi connectivity index (χ2n) is 4.31. The topological polar surface area (TPSA) is 9.23 Å². The first-order valence-electron chi connectivity index (χ1n) is 6.16. The maximum Gasteiger partial charge on any atom is 0.126 e. The van der Waals surface area contributed by atoms with Crippen molar-refractivity contribution in [3.63, 3.8) is 0 Å². The lowest BCUT2D eigenvalue weighted by molar-refractivity contribution is 0.316. The quantitative estimate of drug-likeness (QED) is 0.698. The van der Waals surface area contributed by atoms with Crippen molar-refractivity contribution in [1.82, 2.24) is 0 Å². The molecule has 0 radical (unpaired) electrons. The van der Waals surface area contributed by atoms with E-state index >= 15 is 0 Å². The molecular formula is C16H13ClOS. The number of benzene rings is 2. The van der Waals surface area contributed by atoms with Crippen LogP contribution in [0.2, 0.25) is 5.02 Å². The Hall–Kier alpha value is -1.38. The molecule has 3 rings (SSSR count). The molecule has 0 N–H and O–H groups in total. The predicted molar refractivity (Wildman–Crippen MR) is 81.8 cm³/mol. The fourth-order valence-corrected chi connectivity index (χ4v) is 2.98. The van der Waals surface area contributed by atoms with Crippen molar-refractivity contribution in [2.24, 2.45) is 0 Å². The van der Waals surface area contributed by atoms with Crippen LogP contribution in [0, 0.1) is 0 Å². The lowest BCUT2D eigenvalue weighted by Gasteiger charge is -2.19. The first kappa shape index (κ1) is 12.6. The maximum absolute atomic E-state index is 5.89. The van der Waals surface area contributed by atoms with Gasteiger partial charge in [-0.05, 0) is 41.3 Å². The lowest BCUT2D eigenvalue weighted by atomic mass is 10.0. The van der Waals surface area contributed by atoms with Gasteiger partial charge in [0.1, 0.15) is 5.75 Å². The highest BCUT2D eigenvalue weighted by atomic mass is 35.5. The van der Waals surface area contributed by atoms with Gasteiger partial charge in [-0.2, -0.15) is 0 Å². The molecule has 1 aliphatic rings. The second-order valence-corrected chi connectivity index (χ2v) is 5.69. The molecule has 1 nitrogen and oxygen atoms in total. The normalized spacial score (nSPS) is 15.9. The minimum absolute atomic E-state index is 0.754. The molecule has 2 aromatic rings. The monoisotopic (exact) mass is 288 g/mol. The van der Waals surface area contributed by atoms with E-state index in [1.807, 2.05) is 42.5 Å². The summed E-state index contributed by atoms with van der Waals surface area (Å²) >= 11 is 7.61. The molecule has 0 saturated heterocycles. The minimum atomic E-state index is 0.754. The summed E-state index contributed by atoms with van der Waals surface area (Å²) in [6.07, 6.45) is 0.956. The average Bonchev–Trinajstić information content (AvgIpc) is 2.47. The molecule has 2 aromatic carbocycles. The van der Waals surface area contributed by atoms with Crippen LogP contribution >= 0.6 is 23.4 Å². The zero-order chi connectivity index (χ0) is 13.1. The number of thioether (sulfide) groups is 1. The number of hydrogen-bond acceptors (Lipinski definition) is 2. The number of hydrogen-bond donors (Lipinski definition) is 0. The van der Waals surface area contributed by atoms with E-state index < -0.39 is 0 Å². The van der Waals surface area contributed by atoms with E-state index in [-0.39, 0.29) is 0 Å². The molecule has 0 amide bonds. The van der Waals surface area contributed by atoms with Crippen LogP contribution in [-0.2, 0) is 0 Å². The predicted octanol–water partition coefficient (Wildman–Crippen LogP) is 5.26. The Morgan fingerprint density at radius 2 is 1.84 bits per heavy atom. The van der Waals surface area contributed by atoms with Crippen molar-refractivity contribution >= 4 is 28.9 Å². The van der Waals surface area contributed by atoms with Crippen molar-refractivity contribution < 1.29 is 4.74 Å². The number of rotatable bonds is 2. The molecule has 0 aromatic heterocycles. The van der Waals surface area contributed by atoms with Gasteiger partial charge < -0.3 is 4.74 Å². The number of ether oxygens (including phenoxy) is 1. The van der Waals surface area contributed by atoms with E-state index in [1.165, 1.54) is 16.0 Å². The van der Waals surface area contributed by atoms with E-state index in [4.69, 9.17) is 16.3 Å². The molecule has 0 spiro atoms. The van der Waals surface area contributed by atoms with Gasteiger partial charge in [0.25, 0.3) is 0 Å². The largest absolute Gasteiger partial charge is 0.493 e. The molecule has 0 fully saturated rings. The van der Waals surface area contributed by atoms with E-state index in [9.17, 15) is 0 Å². The van der Waals surface area contributed by atoms with E-state index in [0.717, 1.165) is 23.8 Å². The Labute approximate surface area is 122 Å². The summed E-state index contributed by atoms with van der Waals surface area (Å²) in [5, 5.41) is 2.98. The Bertz CT molecular complexity index is 604. The number of fused-ring (bicyclic) bond motifs is 1. The van der Waals surface area contributed by atoms with Crippen molar-refractivity contribution in [2.75, 3.05) is 6.61 Å². The maximum atomic E-state index is 5.89. The van der Waals surface area contributed by atoms with E-state index in [1.54, 1.807) is 11.8 Å². The van der Waals surface area contributed by atoms with Gasteiger partial charge >= 0.3 is 0 Å². The van der Waals surface area contributed by atoms with Crippen LogP contribution in [0.15, 0.2) is 58.8 Å². The average molecular weight is 289 g/mol. The van der Waals surface area contributed by atoms with Gasteiger partial charge in [-0.3, -0.25) is 0 Å². The van der Waals surface area contributed by atoms with Crippen LogP contribution in [0.5, 0.6) is 5.75 Å². The number of para-hydroxylation sites is 1. The summed E-state index contributed by atoms with van der Waals surface area (Å²) in [7, 11) is 0. The van der Waals surface area contributed by atoms with Crippen LogP contribution in [0.25, 0.3) is 5.57 Å². The Balaban J connectivity index is 1.83. The molecule has 19 heavy (non-hydrogen) atoms. The smallest absolute Gasteiger partial charge is 0.126 e. The Morgan fingerprint density at radius 3 is 2.68 bits per heavy atom. The van der Waals surface area contributed by atoms with E-state index in [2.05, 4.69) is 11.5 Å². The Morgan fingerprint density at radius 1 is 1.05 bits per heavy atom. The molecule has 3 heteroatoms. The summed E-state index contributed by atoms with van der Waals surface area (Å²) in [6.45, 7) is 0.754. The summed E-state index contributed by atoms with van der Waals surface area (Å²) in [5.41, 5.74) is 2.54. The van der Waals surface area contributed by atoms with Crippen LogP contribution in [0.1, 0.15) is 12.0 Å². The van der Waals surface area contributed by atoms with Crippen molar-refractivity contribution in [3.8, 4) is 5.75 Å². The van der Waals surface area contributed by atoms with Crippen LogP contribution in [0.3, 0.4) is 0 Å². The molecule has 0 saturated carbocycles. The first-order valence-corrected chi connectivity index (χ1v) is 7.42. The molecular weight excluding hydrogens is 276 g/mol. The zero-order valence-corrected chi connectivity index (χ0v) is 11.9. The van der Waals surface area contributed by atoms with Crippen molar-refractivity contribution in [3.05, 3.63) is 64.5 Å². The van der Waals surface area contributed by atoms with Crippen LogP contribution in [-0.4, -0.2) is 6.61 Å². The highest BCUT2D eigenvalue weighted by Crippen LogP contribution is 2.35. The summed E-state index contributed by atoms with van der Waals surface area (Å²) in [4.78, 5) is 1.20. The third kappa shape index (κ3) is 2.96. The van der Waals surface area contributed by atoms with Crippen LogP contribution < -0.4 is 4.74 Å². The van der Waals surface area contributed by atoms with Crippen molar-refractivity contribution in [2.45, 2.75) is 11.3 Å². The highest BCUT2D eigenvalue weighted by Gasteiger charge is 2.13. The summed E-state index contributed by atoms with van der Waals surface area (Å²) < 4.78 is 5.65. The molecule has 0 unspecified atom stereocenters. The molecule has 1 heterocycles. The molecule has 0 aliphatic carbocycles. The molecule has 0 bridgehead atoms. The summed E-state index contributed by atoms with van der Waals surface area (Å²) in [6, 6.07) is 16.1. The third-order valence-corrected chi connectivity index (χ3v) is 4.21. The lowest BCUT2D eigenvalue weighted by Crippen LogP contribution is -2.06. The van der Waals surface area contributed by atoms with E-state index in [0.29, 0.717) is 0 Å². The van der Waals surface area contributed by atoms with Gasteiger partial charge in [-0.25, -0.2) is 0 Å². The molecule has 0 atom stereocenters. The van der Waals surface area contributed by atoms with Gasteiger partial charge in [0.15, 0.2) is 0 Å². The second kappa shape index (κ2) is 5.72. The minimum Gasteiger partial charge on any atom is -0.493 e. The Kier molecular flexibility index (Phi) is 3.81. The number of halogens is 1. The SMILES string of the molecule is Clc1ccc(S/C=C2\CCOc3ccccc32)cc1. The van der Waals surface area contributed by atoms with Crippen LogP contribution in [0.4, 0.5) is 0 Å². The van der Waals surface area contributed by atoms with Gasteiger partial charge in [0, 0.05) is 21.9 Å². The fourth-order valence-electron chi connectivity index (χ4n) is 2.04. The van der Waals surface area contributed by atoms with Gasteiger partial charge in [0.2, 0.25) is 0 Å². The summed E-state index contributed by atoms with van der Waals surface area (Å²) in [5.74, 6) is 0.983. The third-order valence-electron chi connectivity index (χ3n) is 3.01. The molecule has 96 valence electrons. The van der Waals surface area contributed by atoms with Gasteiger partial charge in [0.05, 0.1) is 6.61 Å². The van der Waals surface area contributed by atoms with Gasteiger partial charge in [-0.15, -0.1) is 0 Å². The highest BCUT2D eigenvalue weighted by molar-refractivity contribution is 8.02. The zero-order valence-electron chi connectivity index (χ0n) is 10.3. The first-order chi connectivity index (χ1) is 9.33. The van der Waals surface area contributed by atoms with Gasteiger partial charge in [-0.1, -0.05) is 41.6 Å². The molecule has 1 aliphatic heterocycles. The fraction of sp³-hybridized carbons (Fsp3) is 0.125. The van der Waals surface area contributed by atoms with Crippen molar-refractivity contribution in [1.29, 1.82) is 0 Å².